The Hall–Kier alpha value is -9.56. The van der Waals surface area contributed by atoms with Crippen LogP contribution in [0.4, 0.5) is 52.7 Å². The number of hydrogen-bond donors (Lipinski definition) is 0. The first-order valence-corrected chi connectivity index (χ1v) is 51.0. The summed E-state index contributed by atoms with van der Waals surface area (Å²) < 4.78 is 173. The topological polar surface area (TPSA) is 18.5 Å². The lowest BCUT2D eigenvalue weighted by Gasteiger charge is -2.38. The van der Waals surface area contributed by atoms with Crippen molar-refractivity contribution in [2.75, 3.05) is 0 Å². The Balaban J connectivity index is 0.000000155. The van der Waals surface area contributed by atoms with Gasteiger partial charge in [0.05, 0.1) is 11.1 Å². The second-order valence-electron chi connectivity index (χ2n) is 39.7. The average molecular weight is 1860 g/mol. The Kier molecular flexibility index (Phi) is 40.0. The van der Waals surface area contributed by atoms with Gasteiger partial charge in [0.25, 0.3) is 0 Å². The van der Waals surface area contributed by atoms with Crippen LogP contribution in [0.2, 0.25) is 0 Å². The van der Waals surface area contributed by atoms with Crippen LogP contribution < -0.4 is 9.47 Å². The first kappa shape index (κ1) is 104. The molecule has 0 saturated heterocycles. The number of rotatable bonds is 28. The Morgan fingerprint density at radius 3 is 1.11 bits per heavy atom. The molecule has 2 nitrogen and oxygen atoms in total. The summed E-state index contributed by atoms with van der Waals surface area (Å²) in [7, 11) is 0. The summed E-state index contributed by atoms with van der Waals surface area (Å²) in [5.41, 5.74) is 15.0. The van der Waals surface area contributed by atoms with E-state index < -0.39 is 75.8 Å². The molecule has 6 aliphatic rings. The quantitative estimate of drug-likeness (QED) is 0.0276. The van der Waals surface area contributed by atoms with Crippen molar-refractivity contribution in [2.45, 2.75) is 316 Å². The highest BCUT2D eigenvalue weighted by Gasteiger charge is 2.40. The monoisotopic (exact) mass is 1860 g/mol. The molecule has 6 saturated carbocycles. The summed E-state index contributed by atoms with van der Waals surface area (Å²) in [5.74, 6) is -2.13. The van der Waals surface area contributed by atoms with Gasteiger partial charge in [-0.3, -0.25) is 0 Å². The lowest BCUT2D eigenvalue weighted by atomic mass is 9.68. The maximum absolute atomic E-state index is 14.9. The lowest BCUT2D eigenvalue weighted by Crippen LogP contribution is -2.26. The lowest BCUT2D eigenvalue weighted by molar-refractivity contribution is -0.275. The maximum atomic E-state index is 14.9. The summed E-state index contributed by atoms with van der Waals surface area (Å²) in [6.07, 6.45) is 43.6. The molecule has 10 aromatic rings. The minimum Gasteiger partial charge on any atom is -0.429 e. The Labute approximate surface area is 798 Å². The van der Waals surface area contributed by atoms with Crippen LogP contribution in [-0.4, -0.2) is 6.36 Å². The van der Waals surface area contributed by atoms with E-state index in [-0.39, 0.29) is 11.5 Å². The van der Waals surface area contributed by atoms with Gasteiger partial charge >= 0.3 is 12.5 Å². The fourth-order valence-corrected chi connectivity index (χ4v) is 22.4. The van der Waals surface area contributed by atoms with Gasteiger partial charge in [0.1, 0.15) is 23.2 Å². The molecule has 0 radical (unpaired) electrons. The van der Waals surface area contributed by atoms with Gasteiger partial charge in [-0.1, -0.05) is 285 Å². The number of allylic oxidation sites excluding steroid dienone is 3. The number of unbranched alkanes of at least 4 members (excludes halogenated alkanes) is 1. The molecule has 0 aliphatic heterocycles. The average Bonchev–Trinajstić information content (AvgIpc) is 0.800. The predicted octanol–water partition coefficient (Wildman–Crippen LogP) is 38.3. The largest absolute Gasteiger partial charge is 0.573 e. The van der Waals surface area contributed by atoms with Gasteiger partial charge < -0.3 is 9.47 Å². The Bertz CT molecular complexity index is 5200. The van der Waals surface area contributed by atoms with Crippen molar-refractivity contribution in [1.82, 2.24) is 0 Å². The van der Waals surface area contributed by atoms with E-state index in [1.165, 1.54) is 229 Å². The van der Waals surface area contributed by atoms with E-state index in [4.69, 9.17) is 0 Å². The smallest absolute Gasteiger partial charge is 0.429 e. The number of hydrogen-bond acceptors (Lipinski definition) is 2. The van der Waals surface area contributed by atoms with Gasteiger partial charge in [0.15, 0.2) is 29.0 Å². The Morgan fingerprint density at radius 2 is 0.696 bits per heavy atom. The number of aryl methyl sites for hydroxylation is 4. The molecule has 6 fully saturated rings. The fraction of sp³-hybridized carbons (Fsp3) is 0.471. The second kappa shape index (κ2) is 51.7. The van der Waals surface area contributed by atoms with E-state index in [1.807, 2.05) is 24.3 Å². The normalized spacial score (nSPS) is 22.0. The zero-order chi connectivity index (χ0) is 96.0. The summed E-state index contributed by atoms with van der Waals surface area (Å²) in [6, 6.07) is 61.7. The first-order valence-electron chi connectivity index (χ1n) is 51.0. The summed E-state index contributed by atoms with van der Waals surface area (Å²) in [4.78, 5) is 0. The zero-order valence-electron chi connectivity index (χ0n) is 80.8. The van der Waals surface area contributed by atoms with Gasteiger partial charge in [0.2, 0.25) is 0 Å². The zero-order valence-corrected chi connectivity index (χ0v) is 80.8. The summed E-state index contributed by atoms with van der Waals surface area (Å²) in [5, 5.41) is 0. The van der Waals surface area contributed by atoms with Crippen molar-refractivity contribution >= 4 is 0 Å². The Morgan fingerprint density at radius 1 is 0.333 bits per heavy atom. The molecule has 0 spiro atoms. The van der Waals surface area contributed by atoms with E-state index in [0.29, 0.717) is 52.8 Å². The van der Waals surface area contributed by atoms with Crippen LogP contribution >= 0.6 is 0 Å². The van der Waals surface area contributed by atoms with Gasteiger partial charge in [-0.05, 0) is 361 Å². The van der Waals surface area contributed by atoms with Crippen molar-refractivity contribution in [3.8, 4) is 56.0 Å². The number of alkyl halides is 5. The van der Waals surface area contributed by atoms with Gasteiger partial charge in [-0.2, -0.15) is 8.78 Å². The number of ether oxygens (including phenoxy) is 2. The minimum absolute atomic E-state index is 0.112. The van der Waals surface area contributed by atoms with Crippen molar-refractivity contribution in [2.24, 2.45) is 47.3 Å². The van der Waals surface area contributed by atoms with Gasteiger partial charge in [-0.15, -0.1) is 19.8 Å². The second-order valence-corrected chi connectivity index (χ2v) is 39.7. The highest BCUT2D eigenvalue weighted by molar-refractivity contribution is 5.73. The highest BCUT2D eigenvalue weighted by atomic mass is 19.4. The molecule has 14 heteroatoms. The van der Waals surface area contributed by atoms with Crippen molar-refractivity contribution in [3.05, 3.63) is 322 Å². The molecule has 6 aliphatic carbocycles. The third kappa shape index (κ3) is 31.0. The van der Waals surface area contributed by atoms with Gasteiger partial charge in [-0.25, -0.2) is 30.7 Å². The molecule has 10 aromatic carbocycles. The first-order chi connectivity index (χ1) is 65.2. The van der Waals surface area contributed by atoms with E-state index in [9.17, 15) is 52.7 Å². The standard InChI is InChI=1S/C29H34F6O.C28H26F6O.C23H34.C23H30.C18H20/c1-2-3-4-18-5-7-19(8-6-18)20-9-11-21(12-10-20)22-13-14-24(25(30)15-22)29(34,35)36-23-16-26(31)28(33)27(32)17-23;1-2-3-17-4-6-18(7-5-17)19-8-10-20(11-9-19)22-15-24(30)27(25(31)16-22)21-12-13-26(23(29)14-21)35-28(32,33)34;1-3-4-5-19-8-12-21(13-9-19)23-16-14-22(15-17-23)20-10-6-18(2)7-11-20;1-3-5-19-8-12-21(13-9-19)23-16-14-22(15-17-23)20-10-6-18(4-2)7-11-20;1-3-4-5-6-16-9-13-18(14-10-16)17-11-7-15(2)8-12-17/h13-21H,2-12H2,1H3;8-18H,2-7H2,1H3;3,6-7,10-11,19,21-23H,1,4-5,8-9,12-17H2,2H3;6-7,10-11,14-17,19,21H,3-5,8-9,12-13H2,1-2H3;3-4,7-14H,5-6H2,1-2H3/b;;;;4-3+. The van der Waals surface area contributed by atoms with Crippen LogP contribution in [0.1, 0.15) is 327 Å². The summed E-state index contributed by atoms with van der Waals surface area (Å²) >= 11 is 0. The molecule has 0 unspecified atom stereocenters. The molecule has 0 atom stereocenters. The molecule has 0 aromatic heterocycles. The van der Waals surface area contributed by atoms with Crippen LogP contribution in [0, 0.1) is 102 Å². The SMILES string of the molecule is C/C=C/CCc1ccc(-c2ccc(C)cc2)cc1.C=CCCC1CCC(C2CCC(c3ccc(C)cc3)CC2)CC1.CCCC1CCC(c2ccc(-c3cc(F)c(-c4ccc(OC(F)(F)F)c(F)c4)c(F)c3)cc2)CC1.CCCC1CCC(c2ccc(-c3ccc(CC)cc3)cc2)CC1.CCCCC1CCC(C2CCC(c3ccc(C(F)(F)Oc4cc(F)c(F)c(F)c4)c(F)c3)CC2)CC1. The number of benzene rings is 10. The summed E-state index contributed by atoms with van der Waals surface area (Å²) in [6.45, 7) is 19.2. The number of halogens is 12. The molecule has 724 valence electrons. The molecule has 0 N–H and O–H groups in total. The third-order valence-electron chi connectivity index (χ3n) is 30.5. The van der Waals surface area contributed by atoms with Crippen molar-refractivity contribution in [3.63, 3.8) is 0 Å². The third-order valence-corrected chi connectivity index (χ3v) is 30.5. The molecule has 16 rings (SSSR count). The fourth-order valence-electron chi connectivity index (χ4n) is 22.4. The molecular formula is C121H144F12O2. The van der Waals surface area contributed by atoms with E-state index >= 15 is 0 Å². The van der Waals surface area contributed by atoms with Crippen LogP contribution in [0.25, 0.3) is 44.5 Å². The van der Waals surface area contributed by atoms with Gasteiger partial charge in [0, 0.05) is 12.1 Å². The highest BCUT2D eigenvalue weighted by Crippen LogP contribution is 2.49. The predicted molar refractivity (Wildman–Crippen MR) is 532 cm³/mol. The van der Waals surface area contributed by atoms with Crippen LogP contribution in [0.15, 0.2) is 231 Å². The van der Waals surface area contributed by atoms with Crippen molar-refractivity contribution < 1.29 is 62.2 Å². The van der Waals surface area contributed by atoms with Crippen molar-refractivity contribution in [1.29, 1.82) is 0 Å². The molecule has 135 heavy (non-hydrogen) atoms. The molecule has 0 amide bonds. The van der Waals surface area contributed by atoms with Crippen LogP contribution in [0.5, 0.6) is 11.5 Å². The molecule has 0 bridgehead atoms. The van der Waals surface area contributed by atoms with E-state index in [1.54, 1.807) is 11.1 Å². The maximum Gasteiger partial charge on any atom is 0.573 e. The van der Waals surface area contributed by atoms with E-state index in [2.05, 4.69) is 204 Å². The molecule has 0 heterocycles. The van der Waals surface area contributed by atoms with Crippen LogP contribution in [-0.2, 0) is 19.0 Å². The van der Waals surface area contributed by atoms with E-state index in [0.717, 1.165) is 141 Å². The molecular weight excluding hydrogens is 1710 g/mol. The van der Waals surface area contributed by atoms with Crippen LogP contribution in [0.3, 0.4) is 0 Å². The minimum atomic E-state index is -5.08.